The molecule has 11 N–H and O–H groups in total. The largest absolute Gasteiger partial charge is 0.394 e. The Bertz CT molecular complexity index is 4260. The van der Waals surface area contributed by atoms with Crippen LogP contribution in [0.3, 0.4) is 0 Å². The predicted octanol–water partition coefficient (Wildman–Crippen LogP) is 4.82. The first-order chi connectivity index (χ1) is 55.6. The summed E-state index contributed by atoms with van der Waals surface area (Å²) >= 11 is 2.18. The number of ether oxygens (including phenoxy) is 7. The summed E-state index contributed by atoms with van der Waals surface area (Å²) < 4.78 is 39.4. The van der Waals surface area contributed by atoms with E-state index in [2.05, 4.69) is 62.8 Å². The molecule has 8 rings (SSSR count). The van der Waals surface area contributed by atoms with E-state index >= 15 is 0 Å². The summed E-state index contributed by atoms with van der Waals surface area (Å²) in [6.45, 7) is 4.18. The van der Waals surface area contributed by atoms with E-state index in [1.165, 1.54) is 46.9 Å². The number of rotatable bonds is 34. The van der Waals surface area contributed by atoms with Crippen LogP contribution in [0, 0.1) is 39.6 Å². The number of likely N-dealkylation sites (N-methyl/N-ethyl adjacent to an activating group) is 5. The summed E-state index contributed by atoms with van der Waals surface area (Å²) in [6.07, 6.45) is 8.57. The minimum Gasteiger partial charge on any atom is -0.394 e. The Kier molecular flexibility index (Phi) is 41.8. The summed E-state index contributed by atoms with van der Waals surface area (Å²) in [5, 5.41) is 67.9. The molecule has 5 atom stereocenters. The van der Waals surface area contributed by atoms with Crippen LogP contribution < -0.4 is 16.4 Å². The number of nitrogens with two attached hydrogens (primary N) is 1. The maximum atomic E-state index is 13.3. The van der Waals surface area contributed by atoms with Gasteiger partial charge in [0.2, 0.25) is 5.91 Å². The van der Waals surface area contributed by atoms with Crippen LogP contribution in [-0.2, 0) is 77.0 Å². The van der Waals surface area contributed by atoms with Crippen molar-refractivity contribution in [2.75, 3.05) is 108 Å². The Hall–Kier alpha value is -9.67. The smallest absolute Gasteiger partial charge is 0.254 e. The molecule has 0 spiro atoms. The molecule has 0 saturated carbocycles. The van der Waals surface area contributed by atoms with Gasteiger partial charge in [-0.15, -0.1) is 6.42 Å². The van der Waals surface area contributed by atoms with Gasteiger partial charge in [-0.3, -0.25) is 38.4 Å². The molecule has 2 aliphatic heterocycles. The minimum absolute atomic E-state index is 0.182. The lowest BCUT2D eigenvalue weighted by Gasteiger charge is -2.36. The number of terminal acetylenes is 1. The number of halogens is 1. The molecule has 0 aliphatic carbocycles. The van der Waals surface area contributed by atoms with Crippen LogP contribution in [0.2, 0.25) is 0 Å². The molecule has 0 radical (unpaired) electrons. The zero-order chi connectivity index (χ0) is 85.4. The van der Waals surface area contributed by atoms with Crippen LogP contribution in [0.4, 0.5) is 0 Å². The summed E-state index contributed by atoms with van der Waals surface area (Å²) in [7, 11) is 7.12. The zero-order valence-corrected chi connectivity index (χ0v) is 68.9. The van der Waals surface area contributed by atoms with E-state index < -0.39 is 88.9 Å². The number of ketones is 2. The average molecular weight is 1720 g/mol. The topological polar surface area (TPSA) is 403 Å². The highest BCUT2D eigenvalue weighted by molar-refractivity contribution is 14.1. The highest BCUT2D eigenvalue weighted by Crippen LogP contribution is 2.26. The molecule has 28 nitrogen and oxygen atoms in total. The standard InChI is InChI=1S/C31H38N2O8.C26H30N2O7.C18H25IN2O4.C12H14O3/c1-31(30(38)32-2,27(36)21-41-28-6-4-5-17-39-28)33(3)29(37)25-15-13-23(14-16-25)8-7-22-9-11-24(12-10-22)20-40-26(18-34)19-35;1-26(23(32)16-31,25(34)27-2)28(3)24(33)21-12-10-19(11-13-21)5-4-18-6-8-20(9-7-18)17-35-22(14-29)15-30;1-18(17(20)23,10-12-25-15-5-3-4-11-24-15)21(2)16(22)13-6-8-14(19)9-7-13;1-2-10-3-5-11(6-4-10)9-15-12(7-13)8-14/h9-16,26,28,34-35H,4-6,17-21H2,1-3H3,(H,32,38);6-13,22,29-31H,14-17H2,1-3H3,(H,27,34);6-9,15H,3-5,10-12H2,1-2H3,(H2,20,23);1,3-6,12-14H,7-9H2/t28?,31-;26-;15?,18-;/m111./s1. The van der Waals surface area contributed by atoms with E-state index in [0.29, 0.717) is 61.5 Å². The molecule has 2 aliphatic rings. The van der Waals surface area contributed by atoms with E-state index in [-0.39, 0.29) is 77.2 Å². The second kappa shape index (κ2) is 50.1. The molecule has 0 bridgehead atoms. The van der Waals surface area contributed by atoms with Crippen LogP contribution in [0.15, 0.2) is 146 Å². The van der Waals surface area contributed by atoms with Crippen molar-refractivity contribution in [1.29, 1.82) is 0 Å². The van der Waals surface area contributed by atoms with Crippen molar-refractivity contribution in [3.8, 4) is 36.0 Å². The van der Waals surface area contributed by atoms with Crippen molar-refractivity contribution in [2.45, 2.75) is 133 Å². The van der Waals surface area contributed by atoms with Crippen LogP contribution in [0.1, 0.15) is 141 Å². The second-order valence-electron chi connectivity index (χ2n) is 27.4. The molecule has 116 heavy (non-hydrogen) atoms. The number of hydrogen-bond donors (Lipinski definition) is 10. The highest BCUT2D eigenvalue weighted by atomic mass is 127. The third kappa shape index (κ3) is 29.2. The number of carbonyl (C=O) groups excluding carboxylic acids is 8. The van der Waals surface area contributed by atoms with Gasteiger partial charge in [0.1, 0.15) is 37.1 Å². The molecule has 6 aromatic rings. The highest BCUT2D eigenvalue weighted by Gasteiger charge is 2.48. The minimum atomic E-state index is -1.85. The first kappa shape index (κ1) is 96.9. The lowest BCUT2D eigenvalue weighted by Crippen LogP contribution is -2.62. The summed E-state index contributed by atoms with van der Waals surface area (Å²) in [6, 6.07) is 42.3. The van der Waals surface area contributed by atoms with Crippen LogP contribution >= 0.6 is 22.6 Å². The van der Waals surface area contributed by atoms with Crippen LogP contribution in [-0.4, -0.2) is 253 Å². The number of aliphatic hydroxyl groups excluding tert-OH is 7. The van der Waals surface area contributed by atoms with Gasteiger partial charge in [-0.25, -0.2) is 0 Å². The summed E-state index contributed by atoms with van der Waals surface area (Å²) in [5.74, 6) is 10.1. The maximum absolute atomic E-state index is 13.3. The Labute approximate surface area is 691 Å². The fourth-order valence-electron chi connectivity index (χ4n) is 11.1. The summed E-state index contributed by atoms with van der Waals surface area (Å²) in [4.78, 5) is 105. The molecule has 2 heterocycles. The maximum Gasteiger partial charge on any atom is 0.254 e. The molecule has 6 aromatic carbocycles. The number of Topliss-reactive ketones (excluding diaryl/α,β-unsaturated/α-hetero) is 2. The molecule has 0 aromatic heterocycles. The van der Waals surface area contributed by atoms with Gasteiger partial charge in [0.15, 0.2) is 35.2 Å². The van der Waals surface area contributed by atoms with Gasteiger partial charge >= 0.3 is 0 Å². The number of nitrogens with zero attached hydrogens (tertiary/aromatic N) is 3. The van der Waals surface area contributed by atoms with Crippen LogP contribution in [0.5, 0.6) is 0 Å². The molecule has 2 fully saturated rings. The average Bonchev–Trinajstić information content (AvgIpc) is 0.786. The van der Waals surface area contributed by atoms with Crippen molar-refractivity contribution >= 4 is 69.6 Å². The van der Waals surface area contributed by atoms with E-state index in [1.54, 1.807) is 74.6 Å². The third-order valence-electron chi connectivity index (χ3n) is 19.4. The fraction of sp³-hybridized carbons (Fsp3) is 0.425. The molecule has 624 valence electrons. The van der Waals surface area contributed by atoms with E-state index in [9.17, 15) is 43.5 Å². The Morgan fingerprint density at radius 1 is 0.483 bits per heavy atom. The number of primary amides is 1. The first-order valence-corrected chi connectivity index (χ1v) is 38.6. The summed E-state index contributed by atoms with van der Waals surface area (Å²) in [5.41, 5.74) is 8.32. The lowest BCUT2D eigenvalue weighted by atomic mass is 9.92. The molecule has 2 saturated heterocycles. The Balaban J connectivity index is 0.000000290. The quantitative estimate of drug-likeness (QED) is 0.0147. The van der Waals surface area contributed by atoms with Gasteiger partial charge in [-0.2, -0.15) is 0 Å². The van der Waals surface area contributed by atoms with Gasteiger partial charge in [0, 0.05) is 103 Å². The fourth-order valence-corrected chi connectivity index (χ4v) is 11.5. The number of hydrogen-bond acceptors (Lipinski definition) is 22. The molecular weight excluding hydrogens is 1610 g/mol. The predicted molar refractivity (Wildman–Crippen MR) is 439 cm³/mol. The lowest BCUT2D eigenvalue weighted by molar-refractivity contribution is -0.174. The molecule has 6 amide bonds. The van der Waals surface area contributed by atoms with Gasteiger partial charge in [-0.05, 0) is 208 Å². The number of benzene rings is 6. The molecular formula is C87H107IN6O22. The monoisotopic (exact) mass is 1710 g/mol. The van der Waals surface area contributed by atoms with E-state index in [0.717, 1.165) is 78.9 Å². The van der Waals surface area contributed by atoms with Gasteiger partial charge in [0.05, 0.1) is 66.1 Å². The number of carbonyl (C=O) groups is 8. The Morgan fingerprint density at radius 2 is 0.802 bits per heavy atom. The van der Waals surface area contributed by atoms with Gasteiger partial charge < -0.3 is 100.0 Å². The van der Waals surface area contributed by atoms with E-state index in [1.807, 2.05) is 84.9 Å². The normalized spacial score (nSPS) is 15.1. The van der Waals surface area contributed by atoms with E-state index in [4.69, 9.17) is 76.0 Å². The first-order valence-electron chi connectivity index (χ1n) is 37.5. The van der Waals surface area contributed by atoms with Crippen molar-refractivity contribution in [1.82, 2.24) is 25.3 Å². The van der Waals surface area contributed by atoms with Crippen molar-refractivity contribution < 1.29 is 107 Å². The Morgan fingerprint density at radius 3 is 1.11 bits per heavy atom. The van der Waals surface area contributed by atoms with Crippen LogP contribution in [0.25, 0.3) is 0 Å². The second-order valence-corrected chi connectivity index (χ2v) is 28.6. The number of aliphatic hydroxyl groups is 7. The van der Waals surface area contributed by atoms with Crippen molar-refractivity contribution in [3.05, 3.63) is 210 Å². The SMILES string of the molecule is C#Cc1ccc(COC(CO)CO)cc1.CN(C(=O)c1ccc(I)cc1)[C@](C)(CCOC1CCCCO1)C(N)=O.CNC(=O)[C@@](C)(C(=O)CO)N(C)C(=O)c1ccc(C#Cc2ccc(COC(CO)CO)cc2)cc1.CNC(=O)[C@@](C)(C(=O)COC1CCCCO1)N(C)C(=O)c1ccc(C#Cc2ccc(COC(CO)CO)cc2)cc1. The van der Waals surface area contributed by atoms with Crippen molar-refractivity contribution in [3.63, 3.8) is 0 Å². The zero-order valence-electron chi connectivity index (χ0n) is 66.7. The molecule has 29 heteroatoms. The number of amides is 6. The molecule has 2 unspecified atom stereocenters. The van der Waals surface area contributed by atoms with Gasteiger partial charge in [-0.1, -0.05) is 66.0 Å². The van der Waals surface area contributed by atoms with Gasteiger partial charge in [0.25, 0.3) is 29.5 Å². The number of nitrogens with one attached hydrogen (secondary N) is 2. The van der Waals surface area contributed by atoms with Crippen molar-refractivity contribution in [2.24, 2.45) is 5.73 Å². The third-order valence-corrected chi connectivity index (χ3v) is 20.1.